The summed E-state index contributed by atoms with van der Waals surface area (Å²) in [5.41, 5.74) is 1.22. The van der Waals surface area contributed by atoms with Gasteiger partial charge in [0.25, 0.3) is 0 Å². The monoisotopic (exact) mass is 500 g/mol. The van der Waals surface area contributed by atoms with E-state index in [1.54, 1.807) is 14.2 Å². The molecule has 5 rings (SSSR count). The third kappa shape index (κ3) is 5.15. The Balaban J connectivity index is 1.26. The van der Waals surface area contributed by atoms with Crippen molar-refractivity contribution in [2.45, 2.75) is 37.6 Å². The number of piperidine rings is 1. The van der Waals surface area contributed by atoms with Gasteiger partial charge in [0.1, 0.15) is 11.5 Å². The van der Waals surface area contributed by atoms with E-state index in [0.29, 0.717) is 55.8 Å². The fourth-order valence-electron chi connectivity index (χ4n) is 5.98. The maximum atomic E-state index is 13.8. The molecule has 1 saturated heterocycles. The van der Waals surface area contributed by atoms with Crippen LogP contribution in [0.2, 0.25) is 0 Å². The summed E-state index contributed by atoms with van der Waals surface area (Å²) in [6.07, 6.45) is 11.8. The van der Waals surface area contributed by atoms with Gasteiger partial charge in [-0.1, -0.05) is 54.6 Å². The fraction of sp³-hybridized carbons (Fsp3) is 0.419. The molecule has 0 aromatic heterocycles. The highest BCUT2D eigenvalue weighted by molar-refractivity contribution is 5.89. The van der Waals surface area contributed by atoms with E-state index >= 15 is 0 Å². The number of nitrogens with zero attached hydrogens (tertiary/aromatic N) is 1. The highest BCUT2D eigenvalue weighted by Crippen LogP contribution is 2.48. The molecule has 37 heavy (non-hydrogen) atoms. The zero-order valence-electron chi connectivity index (χ0n) is 21.7. The molecule has 2 aromatic rings. The number of carbonyl (C=O) groups excluding carboxylic acids is 2. The minimum atomic E-state index is -0.669. The summed E-state index contributed by atoms with van der Waals surface area (Å²) in [6, 6.07) is 15.6. The van der Waals surface area contributed by atoms with Gasteiger partial charge in [0.05, 0.1) is 19.6 Å². The lowest BCUT2D eigenvalue weighted by atomic mass is 9.71. The first-order chi connectivity index (χ1) is 18.1. The van der Waals surface area contributed by atoms with Gasteiger partial charge in [0.2, 0.25) is 11.8 Å². The number of allylic oxidation sites excluding steroid dienone is 4. The summed E-state index contributed by atoms with van der Waals surface area (Å²) >= 11 is 0. The Bertz CT molecular complexity index is 1180. The average molecular weight is 501 g/mol. The van der Waals surface area contributed by atoms with E-state index in [0.717, 1.165) is 24.0 Å². The van der Waals surface area contributed by atoms with Gasteiger partial charge in [0.15, 0.2) is 0 Å². The van der Waals surface area contributed by atoms with Crippen molar-refractivity contribution in [1.82, 2.24) is 10.2 Å². The van der Waals surface area contributed by atoms with Crippen molar-refractivity contribution in [1.29, 1.82) is 0 Å². The summed E-state index contributed by atoms with van der Waals surface area (Å²) in [6.45, 7) is 1.55. The number of rotatable bonds is 8. The average Bonchev–Trinajstić information content (AvgIpc) is 3.77. The SMILES string of the molecule is COc1ccc(CNC(=O)C2(c3ccccc3)CCN(C(=O)C3CC3C3C=CC=CC3)CC2)c(OC)c1. The second kappa shape index (κ2) is 10.8. The van der Waals surface area contributed by atoms with E-state index in [1.165, 1.54) is 0 Å². The highest BCUT2D eigenvalue weighted by atomic mass is 16.5. The molecule has 3 aliphatic rings. The number of amides is 2. The molecule has 2 fully saturated rings. The van der Waals surface area contributed by atoms with E-state index < -0.39 is 5.41 Å². The second-order valence-corrected chi connectivity index (χ2v) is 10.4. The minimum absolute atomic E-state index is 0.00732. The predicted molar refractivity (Wildman–Crippen MR) is 143 cm³/mol. The maximum Gasteiger partial charge on any atom is 0.231 e. The van der Waals surface area contributed by atoms with Crippen molar-refractivity contribution in [3.05, 3.63) is 84.0 Å². The molecule has 6 heteroatoms. The smallest absolute Gasteiger partial charge is 0.231 e. The van der Waals surface area contributed by atoms with Crippen LogP contribution in [0.3, 0.4) is 0 Å². The zero-order chi connectivity index (χ0) is 25.8. The quantitative estimate of drug-likeness (QED) is 0.573. The van der Waals surface area contributed by atoms with Gasteiger partial charge in [0, 0.05) is 37.2 Å². The molecule has 2 amide bonds. The maximum absolute atomic E-state index is 13.8. The van der Waals surface area contributed by atoms with Gasteiger partial charge in [-0.25, -0.2) is 0 Å². The Morgan fingerprint density at radius 3 is 2.49 bits per heavy atom. The molecular weight excluding hydrogens is 464 g/mol. The lowest BCUT2D eigenvalue weighted by Gasteiger charge is -2.41. The molecule has 6 nitrogen and oxygen atoms in total. The van der Waals surface area contributed by atoms with Crippen LogP contribution in [0, 0.1) is 17.8 Å². The van der Waals surface area contributed by atoms with Crippen molar-refractivity contribution in [3.8, 4) is 11.5 Å². The Kier molecular flexibility index (Phi) is 7.36. The van der Waals surface area contributed by atoms with E-state index in [4.69, 9.17) is 9.47 Å². The van der Waals surface area contributed by atoms with Crippen LogP contribution in [0.1, 0.15) is 36.8 Å². The summed E-state index contributed by atoms with van der Waals surface area (Å²) in [5, 5.41) is 3.17. The first-order valence-electron chi connectivity index (χ1n) is 13.2. The van der Waals surface area contributed by atoms with E-state index in [2.05, 4.69) is 29.6 Å². The molecule has 3 atom stereocenters. The van der Waals surface area contributed by atoms with Gasteiger partial charge < -0.3 is 19.7 Å². The number of likely N-dealkylation sites (tertiary alicyclic amines) is 1. The van der Waals surface area contributed by atoms with Crippen LogP contribution in [0.15, 0.2) is 72.8 Å². The molecule has 0 spiro atoms. The molecule has 0 bridgehead atoms. The fourth-order valence-corrected chi connectivity index (χ4v) is 5.98. The highest BCUT2D eigenvalue weighted by Gasteiger charge is 2.50. The van der Waals surface area contributed by atoms with Crippen LogP contribution in [-0.4, -0.2) is 44.0 Å². The number of benzene rings is 2. The molecule has 1 N–H and O–H groups in total. The molecule has 2 aromatic carbocycles. The normalized spacial score (nSPS) is 23.8. The first-order valence-corrected chi connectivity index (χ1v) is 13.2. The number of hydrogen-bond donors (Lipinski definition) is 1. The van der Waals surface area contributed by atoms with Gasteiger partial charge >= 0.3 is 0 Å². The largest absolute Gasteiger partial charge is 0.497 e. The summed E-state index contributed by atoms with van der Waals surface area (Å²) < 4.78 is 10.8. The first kappa shape index (κ1) is 25.1. The Hall–Kier alpha value is -3.54. The van der Waals surface area contributed by atoms with Crippen molar-refractivity contribution < 1.29 is 19.1 Å². The van der Waals surface area contributed by atoms with Crippen LogP contribution >= 0.6 is 0 Å². The summed E-state index contributed by atoms with van der Waals surface area (Å²) in [4.78, 5) is 29.1. The number of carbonyl (C=O) groups is 2. The van der Waals surface area contributed by atoms with Crippen molar-refractivity contribution in [3.63, 3.8) is 0 Å². The van der Waals surface area contributed by atoms with Crippen LogP contribution in [0.5, 0.6) is 11.5 Å². The Morgan fingerprint density at radius 1 is 1.03 bits per heavy atom. The molecule has 1 saturated carbocycles. The van der Waals surface area contributed by atoms with Gasteiger partial charge in [-0.3, -0.25) is 9.59 Å². The van der Waals surface area contributed by atoms with Crippen LogP contribution in [0.4, 0.5) is 0 Å². The third-order valence-electron chi connectivity index (χ3n) is 8.34. The van der Waals surface area contributed by atoms with Crippen molar-refractivity contribution in [2.75, 3.05) is 27.3 Å². The van der Waals surface area contributed by atoms with E-state index in [9.17, 15) is 9.59 Å². The summed E-state index contributed by atoms with van der Waals surface area (Å²) in [5.74, 6) is 2.70. The lowest BCUT2D eigenvalue weighted by Crippen LogP contribution is -2.53. The molecule has 2 aliphatic carbocycles. The van der Waals surface area contributed by atoms with E-state index in [-0.39, 0.29) is 17.7 Å². The molecule has 0 radical (unpaired) electrons. The number of methoxy groups -OCH3 is 2. The van der Waals surface area contributed by atoms with Crippen LogP contribution in [-0.2, 0) is 21.5 Å². The predicted octanol–water partition coefficient (Wildman–Crippen LogP) is 4.65. The Morgan fingerprint density at radius 2 is 1.81 bits per heavy atom. The topological polar surface area (TPSA) is 67.9 Å². The number of ether oxygens (including phenoxy) is 2. The van der Waals surface area contributed by atoms with Crippen molar-refractivity contribution >= 4 is 11.8 Å². The van der Waals surface area contributed by atoms with Crippen LogP contribution in [0.25, 0.3) is 0 Å². The zero-order valence-corrected chi connectivity index (χ0v) is 21.7. The number of hydrogen-bond acceptors (Lipinski definition) is 4. The van der Waals surface area contributed by atoms with Gasteiger partial charge in [-0.05, 0) is 55.2 Å². The molecule has 1 heterocycles. The minimum Gasteiger partial charge on any atom is -0.497 e. The molecular formula is C31H36N2O4. The lowest BCUT2D eigenvalue weighted by molar-refractivity contribution is -0.138. The summed E-state index contributed by atoms with van der Waals surface area (Å²) in [7, 11) is 3.23. The molecule has 194 valence electrons. The van der Waals surface area contributed by atoms with E-state index in [1.807, 2.05) is 53.4 Å². The van der Waals surface area contributed by atoms with Crippen molar-refractivity contribution in [2.24, 2.45) is 17.8 Å². The third-order valence-corrected chi connectivity index (χ3v) is 8.34. The van der Waals surface area contributed by atoms with Gasteiger partial charge in [-0.15, -0.1) is 0 Å². The second-order valence-electron chi connectivity index (χ2n) is 10.4. The van der Waals surface area contributed by atoms with Gasteiger partial charge in [-0.2, -0.15) is 0 Å². The van der Waals surface area contributed by atoms with Crippen LogP contribution < -0.4 is 14.8 Å². The Labute approximate surface area is 219 Å². The molecule has 3 unspecified atom stereocenters. The molecule has 1 aliphatic heterocycles. The number of nitrogens with one attached hydrogen (secondary N) is 1. The standard InChI is InChI=1S/C31H36N2O4/c1-36-25-14-13-23(28(19-25)37-2)21-32-30(35)31(24-11-7-4-8-12-24)15-17-33(18-16-31)29(34)27-20-26(27)22-9-5-3-6-10-22/h3-9,11-14,19,22,26-27H,10,15-18,20-21H2,1-2H3,(H,32,35).